The van der Waals surface area contributed by atoms with E-state index in [1.54, 1.807) is 11.8 Å². The average molecular weight is 312 g/mol. The van der Waals surface area contributed by atoms with Gasteiger partial charge < -0.3 is 20.7 Å². The molecule has 3 N–H and O–H groups in total. The standard InChI is InChI=1S/C13H20N4O3S/c1-3-4-15-11(18)9-7-20-6-5-17(9)12(19)10-8(2)16-13(14)21-10/h9H,3-7H2,1-2H3,(H2,14,16)(H,15,18). The number of aryl methyl sites for hydroxylation is 1. The molecule has 1 fully saturated rings. The molecule has 0 bridgehead atoms. The van der Waals surface area contributed by atoms with Gasteiger partial charge in [0.05, 0.1) is 18.9 Å². The lowest BCUT2D eigenvalue weighted by Crippen LogP contribution is -2.55. The van der Waals surface area contributed by atoms with Crippen LogP contribution in [0.25, 0.3) is 0 Å². The molecule has 1 aliphatic rings. The number of hydrogen-bond donors (Lipinski definition) is 2. The predicted molar refractivity (Wildman–Crippen MR) is 80.2 cm³/mol. The van der Waals surface area contributed by atoms with E-state index in [0.717, 1.165) is 17.8 Å². The normalized spacial score (nSPS) is 18.6. The number of aromatic nitrogens is 1. The summed E-state index contributed by atoms with van der Waals surface area (Å²) in [6.07, 6.45) is 0.845. The van der Waals surface area contributed by atoms with Gasteiger partial charge in [-0.1, -0.05) is 18.3 Å². The second kappa shape index (κ2) is 6.86. The van der Waals surface area contributed by atoms with Gasteiger partial charge in [-0.25, -0.2) is 4.98 Å². The van der Waals surface area contributed by atoms with Gasteiger partial charge in [0, 0.05) is 13.1 Å². The van der Waals surface area contributed by atoms with Crippen LogP contribution < -0.4 is 11.1 Å². The molecule has 0 saturated carbocycles. The SMILES string of the molecule is CCCNC(=O)C1COCCN1C(=O)c1sc(N)nc1C. The highest BCUT2D eigenvalue weighted by Gasteiger charge is 2.34. The first-order valence-electron chi connectivity index (χ1n) is 6.94. The minimum Gasteiger partial charge on any atom is -0.377 e. The molecule has 2 rings (SSSR count). The summed E-state index contributed by atoms with van der Waals surface area (Å²) in [5.74, 6) is -0.387. The summed E-state index contributed by atoms with van der Waals surface area (Å²) >= 11 is 1.15. The van der Waals surface area contributed by atoms with Crippen molar-refractivity contribution in [3.05, 3.63) is 10.6 Å². The van der Waals surface area contributed by atoms with Crippen LogP contribution in [0, 0.1) is 6.92 Å². The Kier molecular flexibility index (Phi) is 5.13. The fourth-order valence-electron chi connectivity index (χ4n) is 2.18. The van der Waals surface area contributed by atoms with E-state index in [4.69, 9.17) is 10.5 Å². The Labute approximate surface area is 127 Å². The Morgan fingerprint density at radius 1 is 1.57 bits per heavy atom. The summed E-state index contributed by atoms with van der Waals surface area (Å²) in [4.78, 5) is 30.9. The molecule has 1 atom stereocenters. The molecule has 1 aliphatic heterocycles. The second-order valence-electron chi connectivity index (χ2n) is 4.85. The molecule has 0 aliphatic carbocycles. The van der Waals surface area contributed by atoms with Crippen molar-refractivity contribution in [2.75, 3.05) is 32.0 Å². The highest BCUT2D eigenvalue weighted by molar-refractivity contribution is 7.17. The summed E-state index contributed by atoms with van der Waals surface area (Å²) in [6, 6.07) is -0.597. The van der Waals surface area contributed by atoms with Crippen molar-refractivity contribution in [3.8, 4) is 0 Å². The zero-order valence-corrected chi connectivity index (χ0v) is 13.0. The van der Waals surface area contributed by atoms with Crippen LogP contribution in [-0.4, -0.2) is 54.0 Å². The number of nitrogen functional groups attached to an aromatic ring is 1. The summed E-state index contributed by atoms with van der Waals surface area (Å²) < 4.78 is 5.34. The summed E-state index contributed by atoms with van der Waals surface area (Å²) in [5.41, 5.74) is 6.24. The van der Waals surface area contributed by atoms with Gasteiger partial charge >= 0.3 is 0 Å². The number of carbonyl (C=O) groups excluding carboxylic acids is 2. The number of carbonyl (C=O) groups is 2. The topological polar surface area (TPSA) is 97.5 Å². The van der Waals surface area contributed by atoms with Crippen molar-refractivity contribution in [1.29, 1.82) is 0 Å². The van der Waals surface area contributed by atoms with Gasteiger partial charge in [-0.3, -0.25) is 9.59 Å². The zero-order chi connectivity index (χ0) is 15.4. The second-order valence-corrected chi connectivity index (χ2v) is 5.88. The van der Waals surface area contributed by atoms with Gasteiger partial charge in [0.15, 0.2) is 5.13 Å². The number of nitrogens with zero attached hydrogens (tertiary/aromatic N) is 2. The number of ether oxygens (including phenoxy) is 1. The van der Waals surface area contributed by atoms with Gasteiger partial charge in [-0.15, -0.1) is 0 Å². The number of nitrogens with one attached hydrogen (secondary N) is 1. The Balaban J connectivity index is 2.16. The fourth-order valence-corrected chi connectivity index (χ4v) is 2.97. The van der Waals surface area contributed by atoms with E-state index in [1.807, 2.05) is 6.92 Å². The lowest BCUT2D eigenvalue weighted by Gasteiger charge is -2.34. The lowest BCUT2D eigenvalue weighted by molar-refractivity contribution is -0.130. The average Bonchev–Trinajstić information content (AvgIpc) is 2.82. The molecular weight excluding hydrogens is 292 g/mol. The number of rotatable bonds is 4. The van der Waals surface area contributed by atoms with Gasteiger partial charge in [0.25, 0.3) is 5.91 Å². The molecule has 1 aromatic rings. The van der Waals surface area contributed by atoms with Crippen LogP contribution in [0.5, 0.6) is 0 Å². The minimum atomic E-state index is -0.597. The van der Waals surface area contributed by atoms with E-state index in [2.05, 4.69) is 10.3 Å². The molecule has 0 spiro atoms. The Hall–Kier alpha value is -1.67. The van der Waals surface area contributed by atoms with E-state index in [-0.39, 0.29) is 18.4 Å². The van der Waals surface area contributed by atoms with Crippen LogP contribution in [0.1, 0.15) is 28.7 Å². The van der Waals surface area contributed by atoms with Crippen molar-refractivity contribution < 1.29 is 14.3 Å². The maximum absolute atomic E-state index is 12.6. The maximum atomic E-state index is 12.6. The van der Waals surface area contributed by atoms with Crippen LogP contribution in [0.4, 0.5) is 5.13 Å². The zero-order valence-electron chi connectivity index (χ0n) is 12.2. The van der Waals surface area contributed by atoms with Gasteiger partial charge in [0.2, 0.25) is 5.91 Å². The minimum absolute atomic E-state index is 0.181. The highest BCUT2D eigenvalue weighted by Crippen LogP contribution is 2.23. The van der Waals surface area contributed by atoms with Crippen molar-refractivity contribution in [3.63, 3.8) is 0 Å². The number of nitrogens with two attached hydrogens (primary N) is 1. The molecule has 1 unspecified atom stereocenters. The number of anilines is 1. The van der Waals surface area contributed by atoms with Crippen molar-refractivity contribution in [2.24, 2.45) is 0 Å². The van der Waals surface area contributed by atoms with Crippen LogP contribution in [-0.2, 0) is 9.53 Å². The summed E-state index contributed by atoms with van der Waals surface area (Å²) in [5, 5.41) is 3.17. The highest BCUT2D eigenvalue weighted by atomic mass is 32.1. The van der Waals surface area contributed by atoms with E-state index in [1.165, 1.54) is 0 Å². The third-order valence-electron chi connectivity index (χ3n) is 3.25. The number of amides is 2. The first-order chi connectivity index (χ1) is 10.0. The number of thiazole rings is 1. The van der Waals surface area contributed by atoms with Crippen molar-refractivity contribution >= 4 is 28.3 Å². The number of hydrogen-bond acceptors (Lipinski definition) is 6. The Morgan fingerprint density at radius 2 is 2.33 bits per heavy atom. The van der Waals surface area contributed by atoms with Gasteiger partial charge in [-0.05, 0) is 13.3 Å². The molecular formula is C13H20N4O3S. The molecule has 7 nitrogen and oxygen atoms in total. The monoisotopic (exact) mass is 312 g/mol. The molecule has 1 saturated heterocycles. The first kappa shape index (κ1) is 15.7. The third-order valence-corrected chi connectivity index (χ3v) is 4.22. The molecule has 8 heteroatoms. The Morgan fingerprint density at radius 3 is 2.95 bits per heavy atom. The fraction of sp³-hybridized carbons (Fsp3) is 0.615. The van der Waals surface area contributed by atoms with E-state index >= 15 is 0 Å². The largest absolute Gasteiger partial charge is 0.377 e. The van der Waals surface area contributed by atoms with E-state index < -0.39 is 6.04 Å². The van der Waals surface area contributed by atoms with Crippen LogP contribution >= 0.6 is 11.3 Å². The van der Waals surface area contributed by atoms with Gasteiger partial charge in [0.1, 0.15) is 10.9 Å². The molecule has 1 aromatic heterocycles. The molecule has 2 amide bonds. The quantitative estimate of drug-likeness (QED) is 0.839. The molecule has 116 valence electrons. The predicted octanol–water partition coefficient (Wildman–Crippen LogP) is 0.401. The summed E-state index contributed by atoms with van der Waals surface area (Å²) in [7, 11) is 0. The Bertz CT molecular complexity index is 531. The van der Waals surface area contributed by atoms with Gasteiger partial charge in [-0.2, -0.15) is 0 Å². The third kappa shape index (κ3) is 3.51. The number of morpholine rings is 1. The van der Waals surface area contributed by atoms with E-state index in [0.29, 0.717) is 35.4 Å². The van der Waals surface area contributed by atoms with Crippen molar-refractivity contribution in [1.82, 2.24) is 15.2 Å². The van der Waals surface area contributed by atoms with Crippen LogP contribution in [0.15, 0.2) is 0 Å². The smallest absolute Gasteiger partial charge is 0.266 e. The van der Waals surface area contributed by atoms with Crippen LogP contribution in [0.3, 0.4) is 0 Å². The maximum Gasteiger partial charge on any atom is 0.266 e. The summed E-state index contributed by atoms with van der Waals surface area (Å²) in [6.45, 7) is 5.34. The lowest BCUT2D eigenvalue weighted by atomic mass is 10.2. The first-order valence-corrected chi connectivity index (χ1v) is 7.75. The van der Waals surface area contributed by atoms with Crippen molar-refractivity contribution in [2.45, 2.75) is 26.3 Å². The van der Waals surface area contributed by atoms with Crippen LogP contribution in [0.2, 0.25) is 0 Å². The molecule has 0 radical (unpaired) electrons. The van der Waals surface area contributed by atoms with E-state index in [9.17, 15) is 9.59 Å². The molecule has 21 heavy (non-hydrogen) atoms. The molecule has 2 heterocycles. The molecule has 0 aromatic carbocycles.